The predicted molar refractivity (Wildman–Crippen MR) is 55.9 cm³/mol. The van der Waals surface area contributed by atoms with Gasteiger partial charge < -0.3 is 9.92 Å². The number of benzene rings is 1. The van der Waals surface area contributed by atoms with Gasteiger partial charge in [0, 0.05) is 12.1 Å². The first kappa shape index (κ1) is 8.63. The second-order valence-corrected chi connectivity index (χ2v) is 3.28. The first-order valence-electron chi connectivity index (χ1n) is 4.80. The molecule has 1 radical (unpaired) electrons. The van der Waals surface area contributed by atoms with Crippen LogP contribution in [-0.4, -0.2) is 25.8 Å². The molecule has 1 rings (SSSR count). The number of nitrogens with zero attached hydrogens (tertiary/aromatic N) is 1. The molecule has 0 aliphatic carbocycles. The molecule has 0 aliphatic heterocycles. The summed E-state index contributed by atoms with van der Waals surface area (Å²) in [4.78, 5) is 2.05. The first-order chi connectivity index (χ1) is 6.67. The maximum Gasteiger partial charge on any atom is 0.293 e. The molecular formula is C10H15BNO. The van der Waals surface area contributed by atoms with Gasteiger partial charge in [0.25, 0.3) is 1.43 Å². The van der Waals surface area contributed by atoms with Crippen LogP contribution in [0.15, 0.2) is 18.2 Å². The van der Waals surface area contributed by atoms with Gasteiger partial charge in [0.1, 0.15) is 5.75 Å². The number of hydrogen-bond acceptors (Lipinski definition) is 2. The SMILES string of the molecule is [2H]Oc1ccc(C)cc1CN(C)[B]C. The van der Waals surface area contributed by atoms with Crippen molar-refractivity contribution in [1.82, 2.24) is 4.81 Å². The minimum absolute atomic E-state index is 0.629. The highest BCUT2D eigenvalue weighted by Crippen LogP contribution is 2.19. The lowest BCUT2D eigenvalue weighted by molar-refractivity contribution is 0.449. The van der Waals surface area contributed by atoms with E-state index in [9.17, 15) is 0 Å². The monoisotopic (exact) mass is 177 g/mol. The van der Waals surface area contributed by atoms with Crippen molar-refractivity contribution in [3.05, 3.63) is 29.3 Å². The minimum Gasteiger partial charge on any atom is -0.508 e. The van der Waals surface area contributed by atoms with Crippen molar-refractivity contribution in [3.8, 4) is 5.75 Å². The fourth-order valence-electron chi connectivity index (χ4n) is 1.19. The molecule has 0 fully saturated rings. The van der Waals surface area contributed by atoms with Gasteiger partial charge in [0.05, 0.1) is 0 Å². The van der Waals surface area contributed by atoms with Crippen molar-refractivity contribution >= 4 is 7.41 Å². The average molecular weight is 177 g/mol. The third-order valence-electron chi connectivity index (χ3n) is 2.08. The van der Waals surface area contributed by atoms with Crippen molar-refractivity contribution in [2.45, 2.75) is 20.3 Å². The van der Waals surface area contributed by atoms with Gasteiger partial charge in [0.2, 0.25) is 7.41 Å². The van der Waals surface area contributed by atoms with Crippen molar-refractivity contribution < 1.29 is 5.11 Å². The molecule has 3 heteroatoms. The van der Waals surface area contributed by atoms with Gasteiger partial charge in [-0.1, -0.05) is 24.5 Å². The normalized spacial score (nSPS) is 11.2. The molecule has 1 aromatic rings. The fourth-order valence-corrected chi connectivity index (χ4v) is 1.19. The summed E-state index contributed by atoms with van der Waals surface area (Å²) in [6.45, 7) is 4.79. The molecular weight excluding hydrogens is 161 g/mol. The topological polar surface area (TPSA) is 23.5 Å². The second kappa shape index (κ2) is 4.33. The lowest BCUT2D eigenvalue weighted by Gasteiger charge is -2.14. The predicted octanol–water partition coefficient (Wildman–Crippen LogP) is 1.80. The molecule has 1 N–H and O–H groups in total. The Morgan fingerprint density at radius 3 is 3.00 bits per heavy atom. The molecule has 2 nitrogen and oxygen atoms in total. The van der Waals surface area contributed by atoms with Crippen LogP contribution in [0, 0.1) is 6.92 Å². The second-order valence-electron chi connectivity index (χ2n) is 3.28. The Hall–Kier alpha value is -0.955. The molecule has 0 bridgehead atoms. The third kappa shape index (κ3) is 2.78. The summed E-state index contributed by atoms with van der Waals surface area (Å²) in [6.07, 6.45) is 0. The average Bonchev–Trinajstić information content (AvgIpc) is 2.18. The van der Waals surface area contributed by atoms with E-state index in [2.05, 4.69) is 9.92 Å². The number of rotatable bonds is 4. The van der Waals surface area contributed by atoms with Crippen LogP contribution in [0.25, 0.3) is 0 Å². The number of phenolic OH excluding ortho intramolecular Hbond substituents is 1. The highest BCUT2D eigenvalue weighted by Gasteiger charge is 2.03. The molecule has 13 heavy (non-hydrogen) atoms. The Balaban J connectivity index is 2.87. The molecule has 0 unspecified atom stereocenters. The molecule has 0 saturated carbocycles. The summed E-state index contributed by atoms with van der Waals surface area (Å²) >= 11 is 0. The van der Waals surface area contributed by atoms with Crippen LogP contribution in [0.5, 0.6) is 5.75 Å². The summed E-state index contributed by atoms with van der Waals surface area (Å²) in [5.41, 5.74) is 2.23. The van der Waals surface area contributed by atoms with Crippen LogP contribution in [0.3, 0.4) is 0 Å². The number of phenols is 1. The quantitative estimate of drug-likeness (QED) is 0.708. The van der Waals surface area contributed by atoms with Crippen LogP contribution < -0.4 is 0 Å². The number of aryl methyl sites for hydroxylation is 1. The zero-order chi connectivity index (χ0) is 10.6. The lowest BCUT2D eigenvalue weighted by atomic mass is 9.96. The van der Waals surface area contributed by atoms with E-state index in [1.54, 1.807) is 0 Å². The molecule has 0 spiro atoms. The smallest absolute Gasteiger partial charge is 0.293 e. The Kier molecular flexibility index (Phi) is 2.88. The molecule has 0 amide bonds. The summed E-state index contributed by atoms with van der Waals surface area (Å²) in [7, 11) is 3.99. The number of aromatic hydroxyl groups is 1. The van der Waals surface area contributed by atoms with E-state index in [4.69, 9.17) is 1.43 Å². The van der Waals surface area contributed by atoms with Gasteiger partial charge >= 0.3 is 0 Å². The van der Waals surface area contributed by atoms with E-state index in [0.717, 1.165) is 12.1 Å². The Bertz CT molecular complexity index is 306. The van der Waals surface area contributed by atoms with E-state index >= 15 is 0 Å². The van der Waals surface area contributed by atoms with Crippen molar-refractivity contribution in [3.63, 3.8) is 0 Å². The van der Waals surface area contributed by atoms with Crippen LogP contribution >= 0.6 is 0 Å². The van der Waals surface area contributed by atoms with E-state index in [1.807, 2.05) is 46.4 Å². The van der Waals surface area contributed by atoms with Crippen LogP contribution in [-0.2, 0) is 6.54 Å². The van der Waals surface area contributed by atoms with Crippen LogP contribution in [0.2, 0.25) is 6.82 Å². The molecule has 0 atom stereocenters. The van der Waals surface area contributed by atoms with Gasteiger partial charge in [-0.2, -0.15) is 0 Å². The number of hydrogen-bond donors (Lipinski definition) is 1. The van der Waals surface area contributed by atoms with E-state index < -0.39 is 0 Å². The Morgan fingerprint density at radius 2 is 2.38 bits per heavy atom. The summed E-state index contributed by atoms with van der Waals surface area (Å²) in [5.74, 6) is 0.629. The van der Waals surface area contributed by atoms with Crippen molar-refractivity contribution in [1.29, 1.82) is 1.43 Å². The molecule has 1 aromatic carbocycles. The first-order valence-corrected chi connectivity index (χ1v) is 4.39. The highest BCUT2D eigenvalue weighted by atomic mass is 16.3. The van der Waals surface area contributed by atoms with Gasteiger partial charge in [-0.25, -0.2) is 0 Å². The van der Waals surface area contributed by atoms with Gasteiger partial charge in [-0.15, -0.1) is 0 Å². The van der Waals surface area contributed by atoms with E-state index in [0.29, 0.717) is 5.75 Å². The largest absolute Gasteiger partial charge is 0.508 e. The van der Waals surface area contributed by atoms with E-state index in [1.165, 1.54) is 5.56 Å². The lowest BCUT2D eigenvalue weighted by Crippen LogP contribution is -2.19. The van der Waals surface area contributed by atoms with Crippen molar-refractivity contribution in [2.24, 2.45) is 0 Å². The summed E-state index contributed by atoms with van der Waals surface area (Å²) in [5, 5.41) is 4.56. The molecule has 0 heterocycles. The minimum atomic E-state index is 0.629. The van der Waals surface area contributed by atoms with Gasteiger partial charge in [-0.3, -0.25) is 0 Å². The maximum atomic E-state index is 6.93. The zero-order valence-electron chi connectivity index (χ0n) is 9.37. The Morgan fingerprint density at radius 1 is 1.62 bits per heavy atom. The van der Waals surface area contributed by atoms with Crippen LogP contribution in [0.4, 0.5) is 0 Å². The van der Waals surface area contributed by atoms with Gasteiger partial charge in [0.15, 0.2) is 0 Å². The van der Waals surface area contributed by atoms with Gasteiger partial charge in [-0.05, 0) is 20.0 Å². The zero-order valence-corrected chi connectivity index (χ0v) is 8.37. The fraction of sp³-hybridized carbons (Fsp3) is 0.400. The van der Waals surface area contributed by atoms with E-state index in [-0.39, 0.29) is 0 Å². The molecule has 0 aliphatic rings. The van der Waals surface area contributed by atoms with Crippen LogP contribution in [0.1, 0.15) is 11.1 Å². The maximum absolute atomic E-state index is 6.93. The molecule has 0 saturated heterocycles. The summed E-state index contributed by atoms with van der Waals surface area (Å²) in [6, 6.07) is 5.83. The van der Waals surface area contributed by atoms with Crippen molar-refractivity contribution in [2.75, 3.05) is 7.05 Å². The standard InChI is InChI=1S/C10H15BNO/c1-8-4-5-10(13)9(6-8)7-12(3)11-2/h4-6,13H,7H2,1-3H3/i/hD. The molecule has 69 valence electrons. The molecule has 0 aromatic heterocycles. The summed E-state index contributed by atoms with van der Waals surface area (Å²) < 4.78 is 6.93. The highest BCUT2D eigenvalue weighted by molar-refractivity contribution is 6.29. The third-order valence-corrected chi connectivity index (χ3v) is 2.08. The Labute approximate surface area is 81.9 Å².